The average Bonchev–Trinajstić information content (AvgIpc) is 2.67. The highest BCUT2D eigenvalue weighted by Crippen LogP contribution is 2.37. The Morgan fingerprint density at radius 2 is 2.06 bits per heavy atom. The lowest BCUT2D eigenvalue weighted by molar-refractivity contribution is 0.0438. The molecule has 0 amide bonds. The van der Waals surface area contributed by atoms with Gasteiger partial charge in [-0.25, -0.2) is 0 Å². The second-order valence-electron chi connectivity index (χ2n) is 5.17. The zero-order chi connectivity index (χ0) is 13.0. The first-order chi connectivity index (χ1) is 8.65. The molecular weight excluding hydrogens is 232 g/mol. The minimum atomic E-state index is -0.725. The molecule has 1 saturated carbocycles. The molecule has 0 aliphatic heterocycles. The van der Waals surface area contributed by atoms with E-state index >= 15 is 0 Å². The molecule has 1 heterocycles. The third-order valence-electron chi connectivity index (χ3n) is 3.62. The highest BCUT2D eigenvalue weighted by Gasteiger charge is 2.43. The monoisotopic (exact) mass is 252 g/mol. The molecule has 100 valence electrons. The number of aliphatic hydroxyl groups is 3. The van der Waals surface area contributed by atoms with Crippen LogP contribution in [-0.2, 0) is 6.54 Å². The molecule has 18 heavy (non-hydrogen) atoms. The van der Waals surface area contributed by atoms with Crippen LogP contribution in [0.2, 0.25) is 0 Å². The minimum absolute atomic E-state index is 0.0266. The third kappa shape index (κ3) is 3.05. The molecule has 1 aliphatic rings. The second kappa shape index (κ2) is 5.75. The van der Waals surface area contributed by atoms with Crippen LogP contribution in [0.15, 0.2) is 24.5 Å². The predicted molar refractivity (Wildman–Crippen MR) is 66.7 cm³/mol. The van der Waals surface area contributed by atoms with Crippen molar-refractivity contribution in [1.82, 2.24) is 10.3 Å². The van der Waals surface area contributed by atoms with Crippen LogP contribution >= 0.6 is 0 Å². The van der Waals surface area contributed by atoms with Crippen LogP contribution in [0.3, 0.4) is 0 Å². The van der Waals surface area contributed by atoms with Crippen molar-refractivity contribution in [3.05, 3.63) is 30.1 Å². The van der Waals surface area contributed by atoms with Gasteiger partial charge < -0.3 is 20.6 Å². The van der Waals surface area contributed by atoms with Crippen molar-refractivity contribution in [3.8, 4) is 0 Å². The Bertz CT molecular complexity index is 362. The Balaban J connectivity index is 1.85. The molecule has 1 aromatic rings. The summed E-state index contributed by atoms with van der Waals surface area (Å²) in [5.41, 5.74) is 0.658. The summed E-state index contributed by atoms with van der Waals surface area (Å²) >= 11 is 0. The van der Waals surface area contributed by atoms with Crippen molar-refractivity contribution < 1.29 is 15.3 Å². The fraction of sp³-hybridized carbons (Fsp3) is 0.615. The lowest BCUT2D eigenvalue weighted by Gasteiger charge is -2.26. The van der Waals surface area contributed by atoms with Gasteiger partial charge in [0.1, 0.15) is 0 Å². The molecule has 1 fully saturated rings. The molecule has 1 aliphatic carbocycles. The highest BCUT2D eigenvalue weighted by atomic mass is 16.3. The van der Waals surface area contributed by atoms with Gasteiger partial charge in [-0.1, -0.05) is 6.07 Å². The van der Waals surface area contributed by atoms with E-state index in [1.54, 1.807) is 12.4 Å². The molecule has 0 bridgehead atoms. The van der Waals surface area contributed by atoms with Gasteiger partial charge in [-0.3, -0.25) is 4.98 Å². The van der Waals surface area contributed by atoms with Gasteiger partial charge in [0.2, 0.25) is 0 Å². The molecule has 0 aromatic carbocycles. The van der Waals surface area contributed by atoms with Crippen LogP contribution in [0.1, 0.15) is 18.4 Å². The zero-order valence-corrected chi connectivity index (χ0v) is 10.3. The quantitative estimate of drug-likeness (QED) is 0.576. The fourth-order valence-electron chi connectivity index (χ4n) is 2.55. The molecule has 1 aromatic heterocycles. The number of pyridine rings is 1. The summed E-state index contributed by atoms with van der Waals surface area (Å²) in [6.45, 7) is 1.22. The van der Waals surface area contributed by atoms with Gasteiger partial charge in [0.15, 0.2) is 0 Å². The molecule has 2 unspecified atom stereocenters. The van der Waals surface area contributed by atoms with Crippen LogP contribution in [0, 0.1) is 5.41 Å². The lowest BCUT2D eigenvalue weighted by Crippen LogP contribution is -2.35. The molecular formula is C13H20N2O3. The van der Waals surface area contributed by atoms with Crippen LogP contribution in [0.4, 0.5) is 0 Å². The number of rotatable bonds is 5. The maximum Gasteiger partial charge on any atom is 0.0806 e. The largest absolute Gasteiger partial charge is 0.396 e. The van der Waals surface area contributed by atoms with Crippen molar-refractivity contribution in [2.24, 2.45) is 5.41 Å². The molecule has 0 saturated heterocycles. The number of aromatic nitrogens is 1. The van der Waals surface area contributed by atoms with E-state index in [4.69, 9.17) is 0 Å². The first-order valence-electron chi connectivity index (χ1n) is 6.22. The van der Waals surface area contributed by atoms with Crippen LogP contribution in [0.5, 0.6) is 0 Å². The summed E-state index contributed by atoms with van der Waals surface area (Å²) in [4.78, 5) is 4.03. The van der Waals surface area contributed by atoms with Gasteiger partial charge in [0.05, 0.1) is 18.8 Å². The maximum atomic E-state index is 9.58. The number of hydrogen-bond donors (Lipinski definition) is 4. The Morgan fingerprint density at radius 3 is 2.61 bits per heavy atom. The van der Waals surface area contributed by atoms with Gasteiger partial charge in [-0.05, 0) is 24.5 Å². The van der Waals surface area contributed by atoms with Gasteiger partial charge >= 0.3 is 0 Å². The maximum absolute atomic E-state index is 9.58. The smallest absolute Gasteiger partial charge is 0.0806 e. The summed E-state index contributed by atoms with van der Waals surface area (Å²) in [7, 11) is 0. The molecule has 0 spiro atoms. The Kier molecular flexibility index (Phi) is 4.29. The molecule has 4 N–H and O–H groups in total. The number of aliphatic hydroxyl groups excluding tert-OH is 3. The van der Waals surface area contributed by atoms with E-state index in [0.29, 0.717) is 25.9 Å². The number of nitrogens with zero attached hydrogens (tertiary/aromatic N) is 1. The summed E-state index contributed by atoms with van der Waals surface area (Å²) in [6, 6.07) is 3.85. The van der Waals surface area contributed by atoms with E-state index in [2.05, 4.69) is 10.3 Å². The van der Waals surface area contributed by atoms with Gasteiger partial charge in [-0.2, -0.15) is 0 Å². The summed E-state index contributed by atoms with van der Waals surface area (Å²) in [5, 5.41) is 31.9. The van der Waals surface area contributed by atoms with Gasteiger partial charge in [0, 0.05) is 30.9 Å². The van der Waals surface area contributed by atoms with Crippen molar-refractivity contribution in [2.75, 3.05) is 13.2 Å². The van der Waals surface area contributed by atoms with E-state index in [1.807, 2.05) is 12.1 Å². The van der Waals surface area contributed by atoms with Gasteiger partial charge in [0.25, 0.3) is 0 Å². The standard InChI is InChI=1S/C13H20N2O3/c16-9-13(4-11(17)12(18)5-13)8-15-7-10-2-1-3-14-6-10/h1-3,6,11-12,15-18H,4-5,7-9H2. The first-order valence-corrected chi connectivity index (χ1v) is 6.22. The number of hydrogen-bond acceptors (Lipinski definition) is 5. The van der Waals surface area contributed by atoms with E-state index < -0.39 is 17.6 Å². The molecule has 5 nitrogen and oxygen atoms in total. The predicted octanol–water partition coefficient (Wildman–Crippen LogP) is -0.335. The third-order valence-corrected chi connectivity index (χ3v) is 3.62. The van der Waals surface area contributed by atoms with Crippen LogP contribution < -0.4 is 5.32 Å². The van der Waals surface area contributed by atoms with Crippen LogP contribution in [0.25, 0.3) is 0 Å². The topological polar surface area (TPSA) is 85.6 Å². The summed E-state index contributed by atoms with van der Waals surface area (Å²) < 4.78 is 0. The Hall–Kier alpha value is -1.01. The summed E-state index contributed by atoms with van der Waals surface area (Å²) in [6.07, 6.45) is 2.93. The van der Waals surface area contributed by atoms with Crippen molar-refractivity contribution in [2.45, 2.75) is 31.6 Å². The van der Waals surface area contributed by atoms with Crippen molar-refractivity contribution >= 4 is 0 Å². The minimum Gasteiger partial charge on any atom is -0.396 e. The van der Waals surface area contributed by atoms with E-state index in [0.717, 1.165) is 5.56 Å². The van der Waals surface area contributed by atoms with E-state index in [-0.39, 0.29) is 6.61 Å². The Morgan fingerprint density at radius 1 is 1.33 bits per heavy atom. The first kappa shape index (κ1) is 13.4. The molecule has 0 radical (unpaired) electrons. The molecule has 2 rings (SSSR count). The molecule has 2 atom stereocenters. The number of nitrogens with one attached hydrogen (secondary N) is 1. The van der Waals surface area contributed by atoms with Crippen molar-refractivity contribution in [1.29, 1.82) is 0 Å². The van der Waals surface area contributed by atoms with E-state index in [1.165, 1.54) is 0 Å². The van der Waals surface area contributed by atoms with Crippen molar-refractivity contribution in [3.63, 3.8) is 0 Å². The van der Waals surface area contributed by atoms with E-state index in [9.17, 15) is 15.3 Å². The lowest BCUT2D eigenvalue weighted by atomic mass is 9.87. The average molecular weight is 252 g/mol. The second-order valence-corrected chi connectivity index (χ2v) is 5.17. The van der Waals surface area contributed by atoms with Gasteiger partial charge in [-0.15, -0.1) is 0 Å². The summed E-state index contributed by atoms with van der Waals surface area (Å²) in [5.74, 6) is 0. The van der Waals surface area contributed by atoms with Crippen LogP contribution in [-0.4, -0.2) is 45.7 Å². The Labute approximate surface area is 106 Å². The zero-order valence-electron chi connectivity index (χ0n) is 10.3. The normalized spacial score (nSPS) is 31.7. The fourth-order valence-corrected chi connectivity index (χ4v) is 2.55. The molecule has 5 heteroatoms. The highest BCUT2D eigenvalue weighted by molar-refractivity contribution is 5.08. The SMILES string of the molecule is OCC1(CNCc2cccnc2)CC(O)C(O)C1.